The first kappa shape index (κ1) is 17.4. The number of nitrogens with zero attached hydrogens (tertiary/aromatic N) is 1. The van der Waals surface area contributed by atoms with Crippen molar-refractivity contribution < 1.29 is 27.1 Å². The van der Waals surface area contributed by atoms with Crippen molar-refractivity contribution in [2.75, 3.05) is 20.2 Å². The molecule has 0 aliphatic carbocycles. The summed E-state index contributed by atoms with van der Waals surface area (Å²) in [6.07, 6.45) is -3.96. The Kier molecular flexibility index (Phi) is 5.33. The molecule has 23 heavy (non-hydrogen) atoms. The molecular formula is C15H18F4N2O2. The third-order valence-electron chi connectivity index (χ3n) is 3.84. The van der Waals surface area contributed by atoms with E-state index < -0.39 is 23.9 Å². The van der Waals surface area contributed by atoms with E-state index in [0.29, 0.717) is 17.7 Å². The molecule has 2 amide bonds. The zero-order valence-electron chi connectivity index (χ0n) is 12.6. The minimum Gasteiger partial charge on any atom is -0.496 e. The molecule has 0 bridgehead atoms. The number of ether oxygens (including phenoxy) is 1. The van der Waals surface area contributed by atoms with Gasteiger partial charge in [0.15, 0.2) is 0 Å². The van der Waals surface area contributed by atoms with Crippen molar-refractivity contribution >= 4 is 6.03 Å². The number of halogens is 4. The SMILES string of the molecule is COc1ccc(F)cc1CNC(=O)N1CCC[C@@H](C(F)(F)F)C1. The molecule has 1 aliphatic rings. The molecule has 0 unspecified atom stereocenters. The van der Waals surface area contributed by atoms with E-state index >= 15 is 0 Å². The number of rotatable bonds is 3. The monoisotopic (exact) mass is 334 g/mol. The fourth-order valence-electron chi connectivity index (χ4n) is 2.60. The summed E-state index contributed by atoms with van der Waals surface area (Å²) in [5.41, 5.74) is 0.422. The van der Waals surface area contributed by atoms with E-state index in [9.17, 15) is 22.4 Å². The van der Waals surface area contributed by atoms with Gasteiger partial charge in [0.1, 0.15) is 11.6 Å². The van der Waals surface area contributed by atoms with Crippen LogP contribution in [0.2, 0.25) is 0 Å². The van der Waals surface area contributed by atoms with Gasteiger partial charge in [-0.2, -0.15) is 13.2 Å². The average molecular weight is 334 g/mol. The zero-order valence-corrected chi connectivity index (χ0v) is 12.6. The number of methoxy groups -OCH3 is 1. The minimum atomic E-state index is -4.30. The fraction of sp³-hybridized carbons (Fsp3) is 0.533. The van der Waals surface area contributed by atoms with E-state index in [1.165, 1.54) is 25.3 Å². The maximum atomic E-state index is 13.2. The van der Waals surface area contributed by atoms with E-state index in [2.05, 4.69) is 5.32 Å². The lowest BCUT2D eigenvalue weighted by Crippen LogP contribution is -2.48. The fourth-order valence-corrected chi connectivity index (χ4v) is 2.60. The van der Waals surface area contributed by atoms with Crippen LogP contribution in [0.25, 0.3) is 0 Å². The Balaban J connectivity index is 1.96. The highest BCUT2D eigenvalue weighted by atomic mass is 19.4. The number of alkyl halides is 3. The summed E-state index contributed by atoms with van der Waals surface area (Å²) >= 11 is 0. The zero-order chi connectivity index (χ0) is 17.0. The summed E-state index contributed by atoms with van der Waals surface area (Å²) in [7, 11) is 1.41. The molecule has 4 nitrogen and oxygen atoms in total. The molecule has 1 N–H and O–H groups in total. The molecule has 8 heteroatoms. The number of hydrogen-bond donors (Lipinski definition) is 1. The van der Waals surface area contributed by atoms with Crippen LogP contribution in [0.5, 0.6) is 5.75 Å². The van der Waals surface area contributed by atoms with Crippen molar-refractivity contribution in [2.24, 2.45) is 5.92 Å². The van der Waals surface area contributed by atoms with Crippen molar-refractivity contribution in [2.45, 2.75) is 25.6 Å². The molecule has 1 heterocycles. The molecule has 1 aliphatic heterocycles. The van der Waals surface area contributed by atoms with Gasteiger partial charge in [-0.1, -0.05) is 0 Å². The van der Waals surface area contributed by atoms with Crippen LogP contribution in [0.15, 0.2) is 18.2 Å². The van der Waals surface area contributed by atoms with E-state index in [-0.39, 0.29) is 26.1 Å². The summed E-state index contributed by atoms with van der Waals surface area (Å²) < 4.78 is 56.6. The molecule has 1 fully saturated rings. The first-order chi connectivity index (χ1) is 10.8. The summed E-state index contributed by atoms with van der Waals surface area (Å²) in [6, 6.07) is 3.28. The Hall–Kier alpha value is -1.99. The molecular weight excluding hydrogens is 316 g/mol. The quantitative estimate of drug-likeness (QED) is 0.862. The second-order valence-electron chi connectivity index (χ2n) is 5.44. The highest BCUT2D eigenvalue weighted by molar-refractivity contribution is 5.74. The molecule has 0 radical (unpaired) electrons. The Morgan fingerprint density at radius 3 is 2.83 bits per heavy atom. The van der Waals surface area contributed by atoms with Crippen LogP contribution >= 0.6 is 0 Å². The van der Waals surface area contributed by atoms with Gasteiger partial charge < -0.3 is 15.0 Å². The van der Waals surface area contributed by atoms with Gasteiger partial charge in [0.25, 0.3) is 0 Å². The smallest absolute Gasteiger partial charge is 0.393 e. The van der Waals surface area contributed by atoms with Crippen LogP contribution in [0.1, 0.15) is 18.4 Å². The third-order valence-corrected chi connectivity index (χ3v) is 3.84. The van der Waals surface area contributed by atoms with E-state index in [4.69, 9.17) is 4.74 Å². The Bertz CT molecular complexity index is 563. The standard InChI is InChI=1S/C15H18F4N2O2/c1-23-13-5-4-12(16)7-10(13)8-20-14(22)21-6-2-3-11(9-21)15(17,18)19/h4-5,7,11H,2-3,6,8-9H2,1H3,(H,20,22)/t11-/m1/s1. The van der Waals surface area contributed by atoms with Gasteiger partial charge in [-0.3, -0.25) is 0 Å². The van der Waals surface area contributed by atoms with Crippen molar-refractivity contribution in [1.82, 2.24) is 10.2 Å². The van der Waals surface area contributed by atoms with Crippen molar-refractivity contribution in [3.8, 4) is 5.75 Å². The molecule has 2 rings (SSSR count). The Morgan fingerprint density at radius 1 is 1.43 bits per heavy atom. The van der Waals surface area contributed by atoms with Crippen LogP contribution in [0.4, 0.5) is 22.4 Å². The van der Waals surface area contributed by atoms with Gasteiger partial charge >= 0.3 is 12.2 Å². The average Bonchev–Trinajstić information content (AvgIpc) is 2.52. The minimum absolute atomic E-state index is 0.0209. The molecule has 0 spiro atoms. The number of nitrogens with one attached hydrogen (secondary N) is 1. The maximum absolute atomic E-state index is 13.2. The van der Waals surface area contributed by atoms with Crippen LogP contribution in [-0.4, -0.2) is 37.3 Å². The third kappa shape index (κ3) is 4.49. The van der Waals surface area contributed by atoms with Crippen molar-refractivity contribution in [3.05, 3.63) is 29.6 Å². The van der Waals surface area contributed by atoms with Crippen molar-refractivity contribution in [1.29, 1.82) is 0 Å². The predicted molar refractivity (Wildman–Crippen MR) is 75.5 cm³/mol. The van der Waals surface area contributed by atoms with Crippen LogP contribution in [0, 0.1) is 11.7 Å². The van der Waals surface area contributed by atoms with Crippen molar-refractivity contribution in [3.63, 3.8) is 0 Å². The Morgan fingerprint density at radius 2 is 2.17 bits per heavy atom. The normalized spacial score (nSPS) is 18.7. The highest BCUT2D eigenvalue weighted by Gasteiger charge is 2.42. The lowest BCUT2D eigenvalue weighted by molar-refractivity contribution is -0.184. The van der Waals surface area contributed by atoms with Crippen LogP contribution in [0.3, 0.4) is 0 Å². The van der Waals surface area contributed by atoms with E-state index in [0.717, 1.165) is 4.90 Å². The number of piperidine rings is 1. The summed E-state index contributed by atoms with van der Waals surface area (Å²) in [5.74, 6) is -1.57. The predicted octanol–water partition coefficient (Wildman–Crippen LogP) is 3.32. The number of likely N-dealkylation sites (tertiary alicyclic amines) is 1. The van der Waals surface area contributed by atoms with Gasteiger partial charge in [0, 0.05) is 25.2 Å². The molecule has 0 saturated carbocycles. The second kappa shape index (κ2) is 7.06. The van der Waals surface area contributed by atoms with Gasteiger partial charge in [-0.25, -0.2) is 9.18 Å². The van der Waals surface area contributed by atoms with Gasteiger partial charge in [0.2, 0.25) is 0 Å². The summed E-state index contributed by atoms with van der Waals surface area (Å²) in [4.78, 5) is 13.2. The van der Waals surface area contributed by atoms with E-state index in [1.807, 2.05) is 0 Å². The number of hydrogen-bond acceptors (Lipinski definition) is 2. The summed E-state index contributed by atoms with van der Waals surface area (Å²) in [5, 5.41) is 2.52. The van der Waals surface area contributed by atoms with Gasteiger partial charge in [-0.05, 0) is 31.0 Å². The number of carbonyl (C=O) groups excluding carboxylic acids is 1. The number of benzene rings is 1. The number of carbonyl (C=O) groups is 1. The Labute approximate surface area is 131 Å². The van der Waals surface area contributed by atoms with Gasteiger partial charge in [-0.15, -0.1) is 0 Å². The van der Waals surface area contributed by atoms with Crippen LogP contribution in [-0.2, 0) is 6.54 Å². The van der Waals surface area contributed by atoms with Crippen LogP contribution < -0.4 is 10.1 Å². The topological polar surface area (TPSA) is 41.6 Å². The summed E-state index contributed by atoms with van der Waals surface area (Å²) in [6.45, 7) is -0.0960. The number of amides is 2. The lowest BCUT2D eigenvalue weighted by atomic mass is 9.98. The van der Waals surface area contributed by atoms with E-state index in [1.54, 1.807) is 0 Å². The first-order valence-corrected chi connectivity index (χ1v) is 7.23. The lowest BCUT2D eigenvalue weighted by Gasteiger charge is -2.33. The molecule has 128 valence electrons. The largest absolute Gasteiger partial charge is 0.496 e. The first-order valence-electron chi connectivity index (χ1n) is 7.23. The molecule has 1 aromatic carbocycles. The second-order valence-corrected chi connectivity index (χ2v) is 5.44. The molecule has 0 aromatic heterocycles. The maximum Gasteiger partial charge on any atom is 0.393 e. The highest BCUT2D eigenvalue weighted by Crippen LogP contribution is 2.33. The number of urea groups is 1. The molecule has 1 aromatic rings. The molecule has 1 saturated heterocycles. The molecule has 1 atom stereocenters. The van der Waals surface area contributed by atoms with Gasteiger partial charge in [0.05, 0.1) is 13.0 Å².